The molecule has 3 aromatic heterocycles. The number of para-hydroxylation sites is 1. The van der Waals surface area contributed by atoms with Gasteiger partial charge in [0.25, 0.3) is 0 Å². The van der Waals surface area contributed by atoms with Crippen LogP contribution in [0.25, 0.3) is 39.0 Å². The molecule has 0 saturated carbocycles. The van der Waals surface area contributed by atoms with Crippen molar-refractivity contribution < 1.29 is 9.13 Å². The predicted octanol–water partition coefficient (Wildman–Crippen LogP) is 4.26. The van der Waals surface area contributed by atoms with Crippen molar-refractivity contribution in [1.82, 2.24) is 29.7 Å². The molecule has 6 rings (SSSR count). The quantitative estimate of drug-likeness (QED) is 0.436. The van der Waals surface area contributed by atoms with Crippen LogP contribution in [-0.2, 0) is 4.74 Å². The number of rotatable bonds is 3. The van der Waals surface area contributed by atoms with E-state index in [1.54, 1.807) is 12.4 Å². The molecule has 0 amide bonds. The van der Waals surface area contributed by atoms with E-state index >= 15 is 0 Å². The Kier molecular flexibility index (Phi) is 4.80. The minimum Gasteiger partial charge on any atom is -0.378 e. The molecule has 0 spiro atoms. The minimum absolute atomic E-state index is 0.333. The number of benzene rings is 2. The average molecular weight is 458 g/mol. The standard InChI is InChI=1S/C25H24FN7O/c1-14-15(2)29-22-18(5-4-6-20(22)26)24(14)33-16(3)30-23-19(25-27-13-28-31-25)11-17(12-21(23)33)32-7-9-34-10-8-32/h4-6,11-13H,7-10H2,1-3H3,(H,27,28,31). The zero-order chi connectivity index (χ0) is 23.4. The van der Waals surface area contributed by atoms with Crippen LogP contribution < -0.4 is 4.90 Å². The molecule has 8 nitrogen and oxygen atoms in total. The Hall–Kier alpha value is -3.85. The summed E-state index contributed by atoms with van der Waals surface area (Å²) < 4.78 is 22.4. The van der Waals surface area contributed by atoms with Gasteiger partial charge in [-0.05, 0) is 44.5 Å². The molecule has 0 radical (unpaired) electrons. The van der Waals surface area contributed by atoms with Gasteiger partial charge in [-0.15, -0.1) is 10.2 Å². The number of pyridine rings is 1. The fourth-order valence-electron chi connectivity index (χ4n) is 4.82. The number of hydrogen-bond donors (Lipinski definition) is 1. The summed E-state index contributed by atoms with van der Waals surface area (Å²) >= 11 is 0. The van der Waals surface area contributed by atoms with Crippen LogP contribution in [0.2, 0.25) is 0 Å². The van der Waals surface area contributed by atoms with Gasteiger partial charge in [0.1, 0.15) is 29.0 Å². The summed E-state index contributed by atoms with van der Waals surface area (Å²) in [5.74, 6) is 1.12. The summed E-state index contributed by atoms with van der Waals surface area (Å²) in [6.45, 7) is 8.88. The number of imidazole rings is 1. The third-order valence-corrected chi connectivity index (χ3v) is 6.60. The van der Waals surface area contributed by atoms with Crippen LogP contribution in [0.5, 0.6) is 0 Å². The highest BCUT2D eigenvalue weighted by atomic mass is 19.1. The van der Waals surface area contributed by atoms with Gasteiger partial charge in [-0.1, -0.05) is 12.1 Å². The summed E-state index contributed by atoms with van der Waals surface area (Å²) in [5, 5.41) is 9.01. The highest BCUT2D eigenvalue weighted by Crippen LogP contribution is 2.37. The van der Waals surface area contributed by atoms with Crippen molar-refractivity contribution in [3.63, 3.8) is 0 Å². The second kappa shape index (κ2) is 7.88. The van der Waals surface area contributed by atoms with Gasteiger partial charge in [0, 0.05) is 35.4 Å². The summed E-state index contributed by atoms with van der Waals surface area (Å²) in [6, 6.07) is 9.35. The number of hydrogen-bond acceptors (Lipinski definition) is 6. The molecule has 4 heterocycles. The van der Waals surface area contributed by atoms with E-state index in [-0.39, 0.29) is 5.82 Å². The Morgan fingerprint density at radius 2 is 1.85 bits per heavy atom. The Morgan fingerprint density at radius 3 is 2.62 bits per heavy atom. The third kappa shape index (κ3) is 3.15. The second-order valence-electron chi connectivity index (χ2n) is 8.60. The molecule has 2 aromatic carbocycles. The van der Waals surface area contributed by atoms with Crippen LogP contribution >= 0.6 is 0 Å². The lowest BCUT2D eigenvalue weighted by molar-refractivity contribution is 0.122. The van der Waals surface area contributed by atoms with E-state index < -0.39 is 0 Å². The zero-order valence-electron chi connectivity index (χ0n) is 19.3. The van der Waals surface area contributed by atoms with Gasteiger partial charge in [0.15, 0.2) is 5.82 Å². The first-order valence-corrected chi connectivity index (χ1v) is 11.3. The molecule has 0 unspecified atom stereocenters. The molecule has 5 aromatic rings. The number of aryl methyl sites for hydroxylation is 2. The van der Waals surface area contributed by atoms with Gasteiger partial charge in [0.2, 0.25) is 0 Å². The molecular weight excluding hydrogens is 433 g/mol. The molecule has 1 aliphatic rings. The van der Waals surface area contributed by atoms with Crippen molar-refractivity contribution in [3.05, 3.63) is 59.6 Å². The monoisotopic (exact) mass is 457 g/mol. The van der Waals surface area contributed by atoms with Crippen LogP contribution in [-0.4, -0.2) is 56.0 Å². The Bertz CT molecular complexity index is 1540. The maximum absolute atomic E-state index is 14.8. The van der Waals surface area contributed by atoms with Crippen LogP contribution in [0.1, 0.15) is 17.1 Å². The Morgan fingerprint density at radius 1 is 1.03 bits per heavy atom. The Labute approximate surface area is 195 Å². The number of fused-ring (bicyclic) bond motifs is 2. The summed E-state index contributed by atoms with van der Waals surface area (Å²) in [7, 11) is 0. The highest BCUT2D eigenvalue weighted by molar-refractivity contribution is 5.98. The van der Waals surface area contributed by atoms with Gasteiger partial charge in [-0.2, -0.15) is 0 Å². The predicted molar refractivity (Wildman–Crippen MR) is 129 cm³/mol. The number of nitrogens with one attached hydrogen (secondary N) is 1. The smallest absolute Gasteiger partial charge is 0.163 e. The molecule has 0 aliphatic carbocycles. The molecule has 1 saturated heterocycles. The zero-order valence-corrected chi connectivity index (χ0v) is 19.3. The topological polar surface area (TPSA) is 84.8 Å². The fourth-order valence-corrected chi connectivity index (χ4v) is 4.82. The fraction of sp³-hybridized carbons (Fsp3) is 0.280. The summed E-state index contributed by atoms with van der Waals surface area (Å²) in [5.41, 5.74) is 6.69. The minimum atomic E-state index is -0.333. The van der Waals surface area contributed by atoms with Crippen molar-refractivity contribution in [1.29, 1.82) is 0 Å². The van der Waals surface area contributed by atoms with Gasteiger partial charge in [0.05, 0.1) is 24.4 Å². The molecule has 1 aliphatic heterocycles. The number of morpholine rings is 1. The molecule has 1 fully saturated rings. The largest absolute Gasteiger partial charge is 0.378 e. The lowest BCUT2D eigenvalue weighted by Gasteiger charge is -2.29. The van der Waals surface area contributed by atoms with Gasteiger partial charge in [-0.3, -0.25) is 4.57 Å². The number of anilines is 1. The molecule has 0 atom stereocenters. The lowest BCUT2D eigenvalue weighted by Crippen LogP contribution is -2.36. The van der Waals surface area contributed by atoms with Crippen LogP contribution in [0.15, 0.2) is 36.7 Å². The number of H-pyrrole nitrogens is 1. The van der Waals surface area contributed by atoms with Gasteiger partial charge >= 0.3 is 0 Å². The summed E-state index contributed by atoms with van der Waals surface area (Å²) in [6.07, 6.45) is 1.57. The normalized spacial score (nSPS) is 14.4. The first-order chi connectivity index (χ1) is 16.5. The van der Waals surface area contributed by atoms with E-state index in [1.165, 1.54) is 6.07 Å². The third-order valence-electron chi connectivity index (χ3n) is 6.60. The first-order valence-electron chi connectivity index (χ1n) is 11.3. The van der Waals surface area contributed by atoms with E-state index in [2.05, 4.69) is 41.8 Å². The van der Waals surface area contributed by atoms with E-state index in [4.69, 9.17) is 9.72 Å². The van der Waals surface area contributed by atoms with Gasteiger partial charge in [-0.25, -0.2) is 14.4 Å². The average Bonchev–Trinajstić information content (AvgIpc) is 3.49. The second-order valence-corrected chi connectivity index (χ2v) is 8.60. The molecule has 1 N–H and O–H groups in total. The van der Waals surface area contributed by atoms with E-state index in [9.17, 15) is 4.39 Å². The van der Waals surface area contributed by atoms with E-state index in [0.717, 1.165) is 63.5 Å². The van der Waals surface area contributed by atoms with Crippen LogP contribution in [0.3, 0.4) is 0 Å². The lowest BCUT2D eigenvalue weighted by atomic mass is 10.1. The first kappa shape index (κ1) is 20.7. The maximum atomic E-state index is 14.8. The van der Waals surface area contributed by atoms with E-state index in [0.29, 0.717) is 24.6 Å². The summed E-state index contributed by atoms with van der Waals surface area (Å²) in [4.78, 5) is 14.9. The van der Waals surface area contributed by atoms with Crippen LogP contribution in [0, 0.1) is 26.6 Å². The molecule has 0 bridgehead atoms. The number of aromatic amines is 1. The number of nitrogens with zero attached hydrogens (tertiary/aromatic N) is 6. The van der Waals surface area contributed by atoms with Gasteiger partial charge < -0.3 is 14.6 Å². The van der Waals surface area contributed by atoms with E-state index in [1.807, 2.05) is 26.8 Å². The molecule has 172 valence electrons. The highest BCUT2D eigenvalue weighted by Gasteiger charge is 2.23. The Balaban J connectivity index is 1.71. The van der Waals surface area contributed by atoms with Crippen molar-refractivity contribution in [2.45, 2.75) is 20.8 Å². The molecular formula is C25H24FN7O. The number of aromatic nitrogens is 6. The molecule has 34 heavy (non-hydrogen) atoms. The van der Waals surface area contributed by atoms with Crippen LogP contribution in [0.4, 0.5) is 10.1 Å². The SMILES string of the molecule is Cc1nc2c(F)cccc2c(-n2c(C)nc3c(-c4nnc[nH]4)cc(N4CCOCC4)cc32)c1C. The van der Waals surface area contributed by atoms with Crippen molar-refractivity contribution in [2.24, 2.45) is 0 Å². The molecule has 9 heteroatoms. The van der Waals surface area contributed by atoms with Crippen molar-refractivity contribution in [3.8, 4) is 17.1 Å². The number of halogens is 1. The van der Waals surface area contributed by atoms with Crippen molar-refractivity contribution in [2.75, 3.05) is 31.2 Å². The number of ether oxygens (including phenoxy) is 1. The van der Waals surface area contributed by atoms with Crippen molar-refractivity contribution >= 4 is 27.6 Å². The maximum Gasteiger partial charge on any atom is 0.163 e.